The first-order valence-electron chi connectivity index (χ1n) is 6.81. The van der Waals surface area contributed by atoms with Crippen molar-refractivity contribution in [1.29, 1.82) is 0 Å². The van der Waals surface area contributed by atoms with Gasteiger partial charge in [-0.3, -0.25) is 9.59 Å². The predicted octanol–water partition coefficient (Wildman–Crippen LogP) is 2.92. The number of hydrogen-bond acceptors (Lipinski definition) is 9. The Morgan fingerprint density at radius 1 is 1.33 bits per heavy atom. The van der Waals surface area contributed by atoms with Gasteiger partial charge in [0.1, 0.15) is 0 Å². The topological polar surface area (TPSA) is 90.4 Å². The van der Waals surface area contributed by atoms with Crippen LogP contribution in [-0.4, -0.2) is 39.8 Å². The van der Waals surface area contributed by atoms with Gasteiger partial charge in [0.2, 0.25) is 17.9 Å². The molecule has 10 heteroatoms. The number of aromatic nitrogens is 2. The van der Waals surface area contributed by atoms with Crippen LogP contribution in [0.15, 0.2) is 21.6 Å². The van der Waals surface area contributed by atoms with E-state index < -0.39 is 0 Å². The van der Waals surface area contributed by atoms with Crippen molar-refractivity contribution < 1.29 is 19.1 Å². The number of ketones is 1. The molecule has 0 saturated carbocycles. The molecule has 24 heavy (non-hydrogen) atoms. The van der Waals surface area contributed by atoms with Crippen LogP contribution in [0.1, 0.15) is 17.3 Å². The highest BCUT2D eigenvalue weighted by molar-refractivity contribution is 8.01. The van der Waals surface area contributed by atoms with Crippen LogP contribution in [0.3, 0.4) is 0 Å². The van der Waals surface area contributed by atoms with Crippen LogP contribution in [0.25, 0.3) is 0 Å². The van der Waals surface area contributed by atoms with E-state index in [0.29, 0.717) is 27.9 Å². The Kier molecular flexibility index (Phi) is 5.27. The summed E-state index contributed by atoms with van der Waals surface area (Å²) in [4.78, 5) is 28.2. The lowest BCUT2D eigenvalue weighted by molar-refractivity contribution is -0.113. The number of nitrogens with zero attached hydrogens (tertiary/aromatic N) is 2. The van der Waals surface area contributed by atoms with Crippen molar-refractivity contribution in [1.82, 2.24) is 9.36 Å². The summed E-state index contributed by atoms with van der Waals surface area (Å²) in [5, 5.41) is 3.44. The van der Waals surface area contributed by atoms with Gasteiger partial charge in [0.25, 0.3) is 0 Å². The summed E-state index contributed by atoms with van der Waals surface area (Å²) in [7, 11) is 0. The van der Waals surface area contributed by atoms with Crippen molar-refractivity contribution >= 4 is 52.4 Å². The zero-order valence-electron chi connectivity index (χ0n) is 12.8. The highest BCUT2D eigenvalue weighted by atomic mass is 32.2. The maximum atomic E-state index is 12.2. The standard InChI is InChI=1S/C14H13N3O4S3/c1-7(18)8-3-10-11(21-6-20-10)4-9(8)15-12(19)5-23-14-16-13(22-2)17-24-14/h3-4H,5-6H2,1-2H3,(H,15,19). The fraction of sp³-hybridized carbons (Fsp3) is 0.286. The van der Waals surface area contributed by atoms with Crippen LogP contribution in [-0.2, 0) is 4.79 Å². The molecule has 0 atom stereocenters. The van der Waals surface area contributed by atoms with E-state index in [-0.39, 0.29) is 24.2 Å². The van der Waals surface area contributed by atoms with Crippen LogP contribution in [0.4, 0.5) is 5.69 Å². The molecule has 1 aromatic heterocycles. The van der Waals surface area contributed by atoms with Crippen molar-refractivity contribution in [3.8, 4) is 11.5 Å². The van der Waals surface area contributed by atoms with Crippen molar-refractivity contribution in [2.24, 2.45) is 0 Å². The van der Waals surface area contributed by atoms with Gasteiger partial charge in [0.05, 0.1) is 11.4 Å². The number of nitrogens with one attached hydrogen (secondary N) is 1. The molecular weight excluding hydrogens is 370 g/mol. The van der Waals surface area contributed by atoms with Gasteiger partial charge in [-0.05, 0) is 30.8 Å². The average Bonchev–Trinajstić information content (AvgIpc) is 3.20. The molecule has 2 aromatic rings. The molecule has 1 aliphatic heterocycles. The fourth-order valence-electron chi connectivity index (χ4n) is 1.99. The summed E-state index contributed by atoms with van der Waals surface area (Å²) < 4.78 is 15.4. The quantitative estimate of drug-likeness (QED) is 0.601. The predicted molar refractivity (Wildman–Crippen MR) is 93.6 cm³/mol. The number of rotatable bonds is 6. The van der Waals surface area contributed by atoms with E-state index in [9.17, 15) is 9.59 Å². The first-order valence-corrected chi connectivity index (χ1v) is 9.80. The highest BCUT2D eigenvalue weighted by Gasteiger charge is 2.20. The van der Waals surface area contributed by atoms with E-state index in [2.05, 4.69) is 14.7 Å². The largest absolute Gasteiger partial charge is 0.454 e. The maximum Gasteiger partial charge on any atom is 0.234 e. The number of Topliss-reactive ketones (excluding diaryl/α,β-unsaturated/α-hetero) is 1. The molecule has 0 aliphatic carbocycles. The first kappa shape index (κ1) is 17.1. The molecule has 7 nitrogen and oxygen atoms in total. The zero-order chi connectivity index (χ0) is 17.1. The van der Waals surface area contributed by atoms with E-state index in [0.717, 1.165) is 4.34 Å². The second-order valence-corrected chi connectivity index (χ2v) is 7.44. The van der Waals surface area contributed by atoms with E-state index in [1.54, 1.807) is 12.1 Å². The summed E-state index contributed by atoms with van der Waals surface area (Å²) in [6, 6.07) is 3.20. The third kappa shape index (κ3) is 3.82. The van der Waals surface area contributed by atoms with E-state index in [1.807, 2.05) is 6.26 Å². The molecule has 2 heterocycles. The Balaban J connectivity index is 1.68. The zero-order valence-corrected chi connectivity index (χ0v) is 15.3. The van der Waals surface area contributed by atoms with E-state index in [1.165, 1.54) is 42.0 Å². The number of anilines is 1. The second kappa shape index (κ2) is 7.41. The average molecular weight is 383 g/mol. The summed E-state index contributed by atoms with van der Waals surface area (Å²) in [6.45, 7) is 1.54. The first-order chi connectivity index (χ1) is 11.6. The van der Waals surface area contributed by atoms with Crippen LogP contribution in [0.2, 0.25) is 0 Å². The van der Waals surface area contributed by atoms with Gasteiger partial charge in [-0.15, -0.1) is 0 Å². The lowest BCUT2D eigenvalue weighted by Gasteiger charge is -2.10. The SMILES string of the molecule is CSc1nsc(SCC(=O)Nc2cc3c(cc2C(C)=O)OCO3)n1. The van der Waals surface area contributed by atoms with Crippen molar-refractivity contribution in [2.45, 2.75) is 16.4 Å². The molecule has 0 spiro atoms. The minimum Gasteiger partial charge on any atom is -0.454 e. The molecule has 1 N–H and O–H groups in total. The highest BCUT2D eigenvalue weighted by Crippen LogP contribution is 2.37. The Morgan fingerprint density at radius 3 is 2.75 bits per heavy atom. The van der Waals surface area contributed by atoms with Gasteiger partial charge in [-0.25, -0.2) is 4.98 Å². The monoisotopic (exact) mass is 383 g/mol. The number of fused-ring (bicyclic) bond motifs is 1. The van der Waals surface area contributed by atoms with Crippen LogP contribution in [0.5, 0.6) is 11.5 Å². The third-order valence-electron chi connectivity index (χ3n) is 3.06. The Labute approximate surface area is 150 Å². The van der Waals surface area contributed by atoms with Crippen molar-refractivity contribution in [3.05, 3.63) is 17.7 Å². The van der Waals surface area contributed by atoms with Gasteiger partial charge in [0.15, 0.2) is 21.6 Å². The summed E-state index contributed by atoms with van der Waals surface area (Å²) >= 11 is 4.01. The summed E-state index contributed by atoms with van der Waals surface area (Å²) in [5.74, 6) is 0.796. The molecule has 1 aromatic carbocycles. The third-order valence-corrected chi connectivity index (χ3v) is 5.56. The van der Waals surface area contributed by atoms with Crippen LogP contribution >= 0.6 is 35.1 Å². The van der Waals surface area contributed by atoms with Gasteiger partial charge in [0, 0.05) is 11.6 Å². The Bertz CT molecular complexity index is 794. The van der Waals surface area contributed by atoms with E-state index >= 15 is 0 Å². The van der Waals surface area contributed by atoms with Crippen molar-refractivity contribution in [3.63, 3.8) is 0 Å². The molecule has 0 saturated heterocycles. The Morgan fingerprint density at radius 2 is 2.08 bits per heavy atom. The summed E-state index contributed by atoms with van der Waals surface area (Å²) in [6.07, 6.45) is 1.89. The molecule has 0 unspecified atom stereocenters. The number of carbonyl (C=O) groups is 2. The molecule has 0 bridgehead atoms. The molecule has 3 rings (SSSR count). The number of benzene rings is 1. The molecule has 1 aliphatic rings. The fourth-order valence-corrected chi connectivity index (χ4v) is 4.00. The second-order valence-electron chi connectivity index (χ2n) is 4.69. The molecule has 0 radical (unpaired) electrons. The van der Waals surface area contributed by atoms with Crippen LogP contribution in [0, 0.1) is 0 Å². The normalized spacial score (nSPS) is 12.2. The van der Waals surface area contributed by atoms with Gasteiger partial charge in [-0.1, -0.05) is 23.5 Å². The molecule has 126 valence electrons. The lowest BCUT2D eigenvalue weighted by atomic mass is 10.1. The molecular formula is C14H13N3O4S3. The number of thioether (sulfide) groups is 2. The van der Waals surface area contributed by atoms with E-state index in [4.69, 9.17) is 9.47 Å². The summed E-state index contributed by atoms with van der Waals surface area (Å²) in [5.41, 5.74) is 0.803. The number of hydrogen-bond donors (Lipinski definition) is 1. The minimum absolute atomic E-state index is 0.106. The lowest BCUT2D eigenvalue weighted by Crippen LogP contribution is -2.16. The Hall–Kier alpha value is -1.78. The van der Waals surface area contributed by atoms with Gasteiger partial charge in [-0.2, -0.15) is 4.37 Å². The minimum atomic E-state index is -0.234. The molecule has 1 amide bonds. The van der Waals surface area contributed by atoms with Gasteiger partial charge < -0.3 is 14.8 Å². The number of ether oxygens (including phenoxy) is 2. The number of amides is 1. The smallest absolute Gasteiger partial charge is 0.234 e. The number of carbonyl (C=O) groups excluding carboxylic acids is 2. The van der Waals surface area contributed by atoms with Crippen LogP contribution < -0.4 is 14.8 Å². The molecule has 0 fully saturated rings. The van der Waals surface area contributed by atoms with Crippen molar-refractivity contribution in [2.75, 3.05) is 24.1 Å². The maximum absolute atomic E-state index is 12.2. The van der Waals surface area contributed by atoms with Gasteiger partial charge >= 0.3 is 0 Å².